The quantitative estimate of drug-likeness (QED) is 0.704. The van der Waals surface area contributed by atoms with Crippen LogP contribution in [-0.4, -0.2) is 40.3 Å². The SMILES string of the molecule is COc1ccc(CCNC(=O)CC2(CN)CCCCC2)c(OC)c1OC. The van der Waals surface area contributed by atoms with E-state index in [1.54, 1.807) is 21.3 Å². The number of carbonyl (C=O) groups excluding carboxylic acids is 1. The predicted molar refractivity (Wildman–Crippen MR) is 102 cm³/mol. The second kappa shape index (κ2) is 9.67. The highest BCUT2D eigenvalue weighted by Gasteiger charge is 2.32. The van der Waals surface area contributed by atoms with E-state index in [2.05, 4.69) is 5.32 Å². The highest BCUT2D eigenvalue weighted by atomic mass is 16.5. The van der Waals surface area contributed by atoms with Crippen molar-refractivity contribution in [2.24, 2.45) is 11.1 Å². The van der Waals surface area contributed by atoms with Gasteiger partial charge < -0.3 is 25.3 Å². The van der Waals surface area contributed by atoms with Crippen molar-refractivity contribution >= 4 is 5.91 Å². The summed E-state index contributed by atoms with van der Waals surface area (Å²) in [6, 6.07) is 3.79. The van der Waals surface area contributed by atoms with Crippen LogP contribution in [0.5, 0.6) is 17.2 Å². The average molecular weight is 364 g/mol. The molecule has 0 aromatic heterocycles. The molecule has 0 radical (unpaired) electrons. The summed E-state index contributed by atoms with van der Waals surface area (Å²) in [4.78, 5) is 12.4. The van der Waals surface area contributed by atoms with E-state index in [9.17, 15) is 4.79 Å². The van der Waals surface area contributed by atoms with Crippen LogP contribution in [0, 0.1) is 5.41 Å². The van der Waals surface area contributed by atoms with E-state index in [1.165, 1.54) is 19.3 Å². The van der Waals surface area contributed by atoms with Crippen molar-refractivity contribution in [1.29, 1.82) is 0 Å². The van der Waals surface area contributed by atoms with Gasteiger partial charge in [-0.2, -0.15) is 0 Å². The van der Waals surface area contributed by atoms with Gasteiger partial charge in [-0.05, 0) is 37.3 Å². The second-order valence-electron chi connectivity index (χ2n) is 7.03. The molecule has 0 atom stereocenters. The highest BCUT2D eigenvalue weighted by molar-refractivity contribution is 5.76. The van der Waals surface area contributed by atoms with Gasteiger partial charge in [-0.1, -0.05) is 25.3 Å². The molecule has 1 aromatic rings. The Balaban J connectivity index is 1.93. The summed E-state index contributed by atoms with van der Waals surface area (Å²) in [6.07, 6.45) is 6.89. The van der Waals surface area contributed by atoms with Gasteiger partial charge in [0.1, 0.15) is 0 Å². The normalized spacial score (nSPS) is 16.0. The third-order valence-corrected chi connectivity index (χ3v) is 5.39. The maximum atomic E-state index is 12.4. The van der Waals surface area contributed by atoms with Crippen LogP contribution >= 0.6 is 0 Å². The van der Waals surface area contributed by atoms with E-state index in [0.717, 1.165) is 18.4 Å². The number of ether oxygens (including phenoxy) is 3. The third kappa shape index (κ3) is 4.81. The largest absolute Gasteiger partial charge is 0.493 e. The fourth-order valence-corrected chi connectivity index (χ4v) is 3.85. The van der Waals surface area contributed by atoms with Gasteiger partial charge in [-0.25, -0.2) is 0 Å². The molecule has 1 aliphatic carbocycles. The molecule has 0 aliphatic heterocycles. The standard InChI is InChI=1S/C20H32N2O4/c1-24-16-8-7-15(18(25-2)19(16)26-3)9-12-22-17(23)13-20(14-21)10-5-4-6-11-20/h7-8H,4-6,9-14,21H2,1-3H3,(H,22,23). The van der Waals surface area contributed by atoms with Crippen molar-refractivity contribution in [2.75, 3.05) is 34.4 Å². The van der Waals surface area contributed by atoms with Crippen molar-refractivity contribution in [3.8, 4) is 17.2 Å². The van der Waals surface area contributed by atoms with E-state index < -0.39 is 0 Å². The Bertz CT molecular complexity index is 598. The lowest BCUT2D eigenvalue weighted by molar-refractivity contribution is -0.123. The molecule has 0 spiro atoms. The van der Waals surface area contributed by atoms with Crippen LogP contribution in [0.1, 0.15) is 44.1 Å². The average Bonchev–Trinajstić information content (AvgIpc) is 2.67. The Morgan fingerprint density at radius 1 is 1.08 bits per heavy atom. The first-order valence-corrected chi connectivity index (χ1v) is 9.34. The van der Waals surface area contributed by atoms with E-state index in [0.29, 0.717) is 43.2 Å². The molecule has 0 unspecified atom stereocenters. The number of amides is 1. The van der Waals surface area contributed by atoms with Gasteiger partial charge in [0.25, 0.3) is 0 Å². The molecule has 6 nitrogen and oxygen atoms in total. The maximum absolute atomic E-state index is 12.4. The van der Waals surface area contributed by atoms with E-state index in [4.69, 9.17) is 19.9 Å². The van der Waals surface area contributed by atoms with Gasteiger partial charge in [-0.3, -0.25) is 4.79 Å². The number of benzene rings is 1. The summed E-state index contributed by atoms with van der Waals surface area (Å²) in [7, 11) is 4.78. The first kappa shape index (κ1) is 20.4. The zero-order chi connectivity index (χ0) is 19.0. The van der Waals surface area contributed by atoms with Crippen molar-refractivity contribution < 1.29 is 19.0 Å². The van der Waals surface area contributed by atoms with Crippen LogP contribution in [0.4, 0.5) is 0 Å². The van der Waals surface area contributed by atoms with Crippen LogP contribution < -0.4 is 25.3 Å². The molecule has 26 heavy (non-hydrogen) atoms. The lowest BCUT2D eigenvalue weighted by atomic mass is 9.71. The van der Waals surface area contributed by atoms with Crippen LogP contribution in [0.15, 0.2) is 12.1 Å². The molecule has 0 heterocycles. The number of rotatable bonds is 9. The van der Waals surface area contributed by atoms with Crippen LogP contribution in [-0.2, 0) is 11.2 Å². The topological polar surface area (TPSA) is 82.8 Å². The van der Waals surface area contributed by atoms with E-state index >= 15 is 0 Å². The zero-order valence-electron chi connectivity index (χ0n) is 16.2. The number of nitrogens with two attached hydrogens (primary N) is 1. The summed E-state index contributed by atoms with van der Waals surface area (Å²) < 4.78 is 16.2. The highest BCUT2D eigenvalue weighted by Crippen LogP contribution is 2.40. The number of hydrogen-bond donors (Lipinski definition) is 2. The number of carbonyl (C=O) groups is 1. The van der Waals surface area contributed by atoms with Gasteiger partial charge >= 0.3 is 0 Å². The van der Waals surface area contributed by atoms with Crippen molar-refractivity contribution in [1.82, 2.24) is 5.32 Å². The zero-order valence-corrected chi connectivity index (χ0v) is 16.2. The van der Waals surface area contributed by atoms with Gasteiger partial charge in [0.2, 0.25) is 11.7 Å². The maximum Gasteiger partial charge on any atom is 0.220 e. The summed E-state index contributed by atoms with van der Waals surface area (Å²) in [6.45, 7) is 1.13. The molecule has 146 valence electrons. The lowest BCUT2D eigenvalue weighted by Gasteiger charge is -2.35. The minimum absolute atomic E-state index is 0.0106. The molecule has 1 amide bonds. The number of hydrogen-bond acceptors (Lipinski definition) is 5. The van der Waals surface area contributed by atoms with E-state index in [-0.39, 0.29) is 11.3 Å². The first-order chi connectivity index (χ1) is 12.6. The molecule has 6 heteroatoms. The summed E-state index contributed by atoms with van der Waals surface area (Å²) >= 11 is 0. The van der Waals surface area contributed by atoms with Gasteiger partial charge in [-0.15, -0.1) is 0 Å². The smallest absolute Gasteiger partial charge is 0.220 e. The minimum atomic E-state index is -0.0106. The Morgan fingerprint density at radius 3 is 2.35 bits per heavy atom. The summed E-state index contributed by atoms with van der Waals surface area (Å²) in [5, 5.41) is 3.03. The molecule has 0 saturated heterocycles. The van der Waals surface area contributed by atoms with E-state index in [1.807, 2.05) is 12.1 Å². The molecule has 1 aliphatic rings. The molecular weight excluding hydrogens is 332 g/mol. The van der Waals surface area contributed by atoms with Crippen molar-refractivity contribution in [3.63, 3.8) is 0 Å². The van der Waals surface area contributed by atoms with Gasteiger partial charge in [0.15, 0.2) is 11.5 Å². The van der Waals surface area contributed by atoms with Crippen LogP contribution in [0.25, 0.3) is 0 Å². The summed E-state index contributed by atoms with van der Waals surface area (Å²) in [5.74, 6) is 1.92. The molecule has 3 N–H and O–H groups in total. The molecule has 1 aromatic carbocycles. The Kier molecular flexibility index (Phi) is 7.57. The monoisotopic (exact) mass is 364 g/mol. The minimum Gasteiger partial charge on any atom is -0.493 e. The Labute approximate surface area is 156 Å². The predicted octanol–water partition coefficient (Wildman–Crippen LogP) is 2.67. The van der Waals surface area contributed by atoms with Crippen LogP contribution in [0.3, 0.4) is 0 Å². The number of nitrogens with one attached hydrogen (secondary N) is 1. The molecule has 2 rings (SSSR count). The van der Waals surface area contributed by atoms with Crippen molar-refractivity contribution in [3.05, 3.63) is 17.7 Å². The molecule has 1 saturated carbocycles. The van der Waals surface area contributed by atoms with Gasteiger partial charge in [0.05, 0.1) is 21.3 Å². The number of methoxy groups -OCH3 is 3. The molecule has 0 bridgehead atoms. The second-order valence-corrected chi connectivity index (χ2v) is 7.03. The van der Waals surface area contributed by atoms with Crippen molar-refractivity contribution in [2.45, 2.75) is 44.9 Å². The molecule has 1 fully saturated rings. The fourth-order valence-electron chi connectivity index (χ4n) is 3.85. The van der Waals surface area contributed by atoms with Gasteiger partial charge in [0, 0.05) is 18.5 Å². The summed E-state index contributed by atoms with van der Waals surface area (Å²) in [5.41, 5.74) is 6.94. The first-order valence-electron chi connectivity index (χ1n) is 9.34. The lowest BCUT2D eigenvalue weighted by Crippen LogP contribution is -2.39. The van der Waals surface area contributed by atoms with Crippen LogP contribution in [0.2, 0.25) is 0 Å². The Morgan fingerprint density at radius 2 is 1.77 bits per heavy atom. The fraction of sp³-hybridized carbons (Fsp3) is 0.650. The molecular formula is C20H32N2O4. The Hall–Kier alpha value is -1.95. The third-order valence-electron chi connectivity index (χ3n) is 5.39.